The van der Waals surface area contributed by atoms with Crippen molar-refractivity contribution in [1.29, 1.82) is 0 Å². The van der Waals surface area contributed by atoms with E-state index in [1.165, 1.54) is 31.2 Å². The van der Waals surface area contributed by atoms with Crippen molar-refractivity contribution in [3.63, 3.8) is 0 Å². The third-order valence-corrected chi connectivity index (χ3v) is 7.51. The third kappa shape index (κ3) is 4.37. The number of rotatable bonds is 7. The van der Waals surface area contributed by atoms with Crippen LogP contribution in [0.15, 0.2) is 35.5 Å². The van der Waals surface area contributed by atoms with Crippen LogP contribution in [-0.4, -0.2) is 43.9 Å². The first-order chi connectivity index (χ1) is 14.2. The molecule has 2 heterocycles. The molecule has 154 valence electrons. The van der Waals surface area contributed by atoms with Crippen molar-refractivity contribution >= 4 is 17.7 Å². The molecule has 0 bridgehead atoms. The van der Waals surface area contributed by atoms with Gasteiger partial charge in [0.05, 0.1) is 5.25 Å². The summed E-state index contributed by atoms with van der Waals surface area (Å²) < 4.78 is 2.35. The highest BCUT2D eigenvalue weighted by molar-refractivity contribution is 8.00. The Labute approximate surface area is 177 Å². The molecule has 1 aromatic heterocycles. The van der Waals surface area contributed by atoms with Crippen molar-refractivity contribution in [3.05, 3.63) is 41.7 Å². The number of piperidine rings is 1. The van der Waals surface area contributed by atoms with Crippen LogP contribution in [0, 0.1) is 5.92 Å². The number of hydrogen-bond donors (Lipinski definition) is 0. The fraction of sp³-hybridized carbons (Fsp3) is 0.609. The number of carbonyl (C=O) groups is 1. The first-order valence-electron chi connectivity index (χ1n) is 11.1. The number of aromatic nitrogens is 3. The third-order valence-electron chi connectivity index (χ3n) is 6.47. The molecule has 0 unspecified atom stereocenters. The molecule has 0 radical (unpaired) electrons. The Balaban J connectivity index is 1.16. The number of thioether (sulfide) groups is 1. The number of hydrogen-bond acceptors (Lipinski definition) is 4. The lowest BCUT2D eigenvalue weighted by atomic mass is 9.90. The highest BCUT2D eigenvalue weighted by Gasteiger charge is 2.37. The Morgan fingerprint density at radius 2 is 1.79 bits per heavy atom. The van der Waals surface area contributed by atoms with E-state index < -0.39 is 0 Å². The Morgan fingerprint density at radius 3 is 2.45 bits per heavy atom. The summed E-state index contributed by atoms with van der Waals surface area (Å²) in [7, 11) is 0. The SMILES string of the molecule is C[C@H](Sc1nnc(C2CC2)n1C1CC1)C(=O)N1CCC(Cc2ccccc2)CC1. The second-order valence-electron chi connectivity index (χ2n) is 8.93. The number of likely N-dealkylation sites (tertiary alicyclic amines) is 1. The van der Waals surface area contributed by atoms with E-state index in [1.807, 2.05) is 6.92 Å². The van der Waals surface area contributed by atoms with Crippen LogP contribution in [0.3, 0.4) is 0 Å². The van der Waals surface area contributed by atoms with Gasteiger partial charge in [-0.3, -0.25) is 4.79 Å². The lowest BCUT2D eigenvalue weighted by molar-refractivity contribution is -0.131. The molecule has 1 aliphatic heterocycles. The predicted molar refractivity (Wildman–Crippen MR) is 115 cm³/mol. The first kappa shape index (κ1) is 19.2. The zero-order valence-electron chi connectivity index (χ0n) is 17.2. The van der Waals surface area contributed by atoms with Gasteiger partial charge < -0.3 is 9.47 Å². The minimum atomic E-state index is -0.102. The quantitative estimate of drug-likeness (QED) is 0.633. The van der Waals surface area contributed by atoms with Crippen molar-refractivity contribution in [2.75, 3.05) is 13.1 Å². The van der Waals surface area contributed by atoms with Crippen LogP contribution in [0.5, 0.6) is 0 Å². The Kier molecular flexibility index (Phi) is 5.37. The van der Waals surface area contributed by atoms with Gasteiger partial charge in [0, 0.05) is 25.0 Å². The van der Waals surface area contributed by atoms with Crippen LogP contribution in [0.25, 0.3) is 0 Å². The summed E-state index contributed by atoms with van der Waals surface area (Å²) >= 11 is 1.61. The zero-order chi connectivity index (χ0) is 19.8. The maximum atomic E-state index is 13.1. The van der Waals surface area contributed by atoms with Gasteiger partial charge in [-0.25, -0.2) is 0 Å². The molecule has 5 nitrogen and oxygen atoms in total. The van der Waals surface area contributed by atoms with Crippen molar-refractivity contribution in [2.24, 2.45) is 5.92 Å². The number of nitrogens with zero attached hydrogens (tertiary/aromatic N) is 4. The molecule has 6 heteroatoms. The lowest BCUT2D eigenvalue weighted by Crippen LogP contribution is -2.42. The van der Waals surface area contributed by atoms with Crippen molar-refractivity contribution in [2.45, 2.75) is 74.2 Å². The van der Waals surface area contributed by atoms with E-state index in [2.05, 4.69) is 50.0 Å². The topological polar surface area (TPSA) is 51.0 Å². The monoisotopic (exact) mass is 410 g/mol. The van der Waals surface area contributed by atoms with Crippen molar-refractivity contribution in [3.8, 4) is 0 Å². The van der Waals surface area contributed by atoms with Gasteiger partial charge in [-0.1, -0.05) is 42.1 Å². The van der Waals surface area contributed by atoms with Crippen LogP contribution in [0.4, 0.5) is 0 Å². The van der Waals surface area contributed by atoms with Gasteiger partial charge in [-0.2, -0.15) is 0 Å². The molecule has 2 aliphatic carbocycles. The van der Waals surface area contributed by atoms with Gasteiger partial charge in [-0.05, 0) is 63.4 Å². The van der Waals surface area contributed by atoms with E-state index in [1.54, 1.807) is 11.8 Å². The smallest absolute Gasteiger partial charge is 0.235 e. The summed E-state index contributed by atoms with van der Waals surface area (Å²) in [6.45, 7) is 3.79. The lowest BCUT2D eigenvalue weighted by Gasteiger charge is -2.33. The van der Waals surface area contributed by atoms with Crippen LogP contribution in [0.2, 0.25) is 0 Å². The van der Waals surface area contributed by atoms with Crippen LogP contribution < -0.4 is 0 Å². The van der Waals surface area contributed by atoms with Gasteiger partial charge >= 0.3 is 0 Å². The van der Waals surface area contributed by atoms with E-state index in [-0.39, 0.29) is 11.2 Å². The molecule has 1 saturated heterocycles. The maximum Gasteiger partial charge on any atom is 0.235 e. The standard InChI is InChI=1S/C23H30N4OS/c1-16(29-23-25-24-21(19-7-8-19)27(23)20-9-10-20)22(28)26-13-11-18(12-14-26)15-17-5-3-2-4-6-17/h2-6,16,18-20H,7-15H2,1H3/t16-/m0/s1. The Bertz CT molecular complexity index is 851. The maximum absolute atomic E-state index is 13.1. The minimum absolute atomic E-state index is 0.102. The summed E-state index contributed by atoms with van der Waals surface area (Å²) in [4.78, 5) is 15.1. The molecule has 5 rings (SSSR count). The average molecular weight is 411 g/mol. The molecule has 3 fully saturated rings. The molecule has 1 atom stereocenters. The molecule has 29 heavy (non-hydrogen) atoms. The van der Waals surface area contributed by atoms with Gasteiger partial charge in [0.2, 0.25) is 5.91 Å². The van der Waals surface area contributed by atoms with Gasteiger partial charge in [0.15, 0.2) is 5.16 Å². The second kappa shape index (κ2) is 8.13. The molecule has 3 aliphatic rings. The number of amides is 1. The first-order valence-corrected chi connectivity index (χ1v) is 12.0. The summed E-state index contributed by atoms with van der Waals surface area (Å²) in [6.07, 6.45) is 8.25. The molecule has 0 spiro atoms. The molecule has 2 saturated carbocycles. The largest absolute Gasteiger partial charge is 0.342 e. The van der Waals surface area contributed by atoms with Gasteiger partial charge in [-0.15, -0.1) is 10.2 Å². The average Bonchev–Trinajstić information content (AvgIpc) is 3.68. The number of carbonyl (C=O) groups excluding carboxylic acids is 1. The molecule has 2 aromatic rings. The molecular formula is C23H30N4OS. The summed E-state index contributed by atoms with van der Waals surface area (Å²) in [6, 6.07) is 11.3. The van der Waals surface area contributed by atoms with Gasteiger partial charge in [0.1, 0.15) is 5.82 Å². The highest BCUT2D eigenvalue weighted by Crippen LogP contribution is 2.46. The second-order valence-corrected chi connectivity index (χ2v) is 10.2. The van der Waals surface area contributed by atoms with E-state index in [0.29, 0.717) is 17.9 Å². The summed E-state index contributed by atoms with van der Waals surface area (Å²) in [5.41, 5.74) is 1.41. The Morgan fingerprint density at radius 1 is 1.07 bits per heavy atom. The zero-order valence-corrected chi connectivity index (χ0v) is 18.0. The highest BCUT2D eigenvalue weighted by atomic mass is 32.2. The Hall–Kier alpha value is -1.82. The van der Waals surface area contributed by atoms with Crippen molar-refractivity contribution < 1.29 is 4.79 Å². The normalized spacial score (nSPS) is 21.3. The van der Waals surface area contributed by atoms with Crippen LogP contribution >= 0.6 is 11.8 Å². The predicted octanol–water partition coefficient (Wildman–Crippen LogP) is 4.45. The fourth-order valence-electron chi connectivity index (χ4n) is 4.44. The van der Waals surface area contributed by atoms with E-state index in [4.69, 9.17) is 0 Å². The summed E-state index contributed by atoms with van der Waals surface area (Å²) in [5.74, 6) is 2.71. The summed E-state index contributed by atoms with van der Waals surface area (Å²) in [5, 5.41) is 9.80. The van der Waals surface area contributed by atoms with E-state index in [0.717, 1.165) is 43.3 Å². The fourth-order valence-corrected chi connectivity index (χ4v) is 5.45. The van der Waals surface area contributed by atoms with Gasteiger partial charge in [0.25, 0.3) is 0 Å². The minimum Gasteiger partial charge on any atom is -0.342 e. The van der Waals surface area contributed by atoms with E-state index >= 15 is 0 Å². The van der Waals surface area contributed by atoms with E-state index in [9.17, 15) is 4.79 Å². The van der Waals surface area contributed by atoms with Crippen LogP contribution in [-0.2, 0) is 11.2 Å². The van der Waals surface area contributed by atoms with Crippen LogP contribution in [0.1, 0.15) is 68.8 Å². The molecular weight excluding hydrogens is 380 g/mol. The number of benzene rings is 1. The van der Waals surface area contributed by atoms with Crippen molar-refractivity contribution in [1.82, 2.24) is 19.7 Å². The molecule has 1 amide bonds. The molecule has 0 N–H and O–H groups in total. The molecule has 1 aromatic carbocycles.